The third-order valence-electron chi connectivity index (χ3n) is 2.87. The molecule has 1 N–H and O–H groups in total. The van der Waals surface area contributed by atoms with Gasteiger partial charge in [-0.2, -0.15) is 13.2 Å². The Balaban J connectivity index is 2.28. The van der Waals surface area contributed by atoms with Crippen LogP contribution in [-0.2, 0) is 6.42 Å². The van der Waals surface area contributed by atoms with Gasteiger partial charge in [0.1, 0.15) is 0 Å². The molecule has 5 heteroatoms. The van der Waals surface area contributed by atoms with Gasteiger partial charge >= 0.3 is 6.18 Å². The van der Waals surface area contributed by atoms with Gasteiger partial charge in [-0.3, -0.25) is 4.98 Å². The number of aromatic amines is 1. The van der Waals surface area contributed by atoms with Gasteiger partial charge < -0.3 is 4.98 Å². The largest absolute Gasteiger partial charge is 0.394 e. The highest BCUT2D eigenvalue weighted by atomic mass is 19.4. The van der Waals surface area contributed by atoms with Crippen LogP contribution < -0.4 is 0 Å². The number of nitrogens with one attached hydrogen (secondary N) is 1. The Morgan fingerprint density at radius 2 is 1.83 bits per heavy atom. The lowest BCUT2D eigenvalue weighted by Crippen LogP contribution is -2.13. The van der Waals surface area contributed by atoms with E-state index in [2.05, 4.69) is 9.97 Å². The number of benzene rings is 1. The van der Waals surface area contributed by atoms with Crippen LogP contribution in [0, 0.1) is 0 Å². The van der Waals surface area contributed by atoms with Crippen molar-refractivity contribution < 1.29 is 13.2 Å². The first kappa shape index (κ1) is 11.1. The van der Waals surface area contributed by atoms with Gasteiger partial charge in [0.25, 0.3) is 0 Å². The molecule has 0 saturated heterocycles. The Morgan fingerprint density at radius 1 is 1.06 bits per heavy atom. The molecule has 0 aliphatic heterocycles. The number of pyridine rings is 1. The maximum atomic E-state index is 12.5. The highest BCUT2D eigenvalue weighted by Crippen LogP contribution is 2.29. The quantitative estimate of drug-likeness (QED) is 0.698. The average Bonchev–Trinajstić information content (AvgIpc) is 2.67. The number of rotatable bonds is 1. The second-order valence-electron chi connectivity index (χ2n) is 4.14. The van der Waals surface area contributed by atoms with Crippen molar-refractivity contribution in [2.24, 2.45) is 0 Å². The molecule has 0 unspecified atom stereocenters. The maximum Gasteiger partial charge on any atom is 0.394 e. The standard InChI is InChI=1S/C13H9F3N2/c14-13(15,16)7-11-12-9(5-6-17-11)8-3-1-2-4-10(8)18-12/h1-6,18H,7H2. The van der Waals surface area contributed by atoms with E-state index >= 15 is 0 Å². The molecule has 2 heterocycles. The van der Waals surface area contributed by atoms with Crippen LogP contribution in [0.15, 0.2) is 36.5 Å². The summed E-state index contributed by atoms with van der Waals surface area (Å²) in [6.07, 6.45) is -3.85. The molecule has 3 aromatic rings. The molecule has 0 fully saturated rings. The van der Waals surface area contributed by atoms with Crippen LogP contribution in [-0.4, -0.2) is 16.1 Å². The number of aromatic nitrogens is 2. The lowest BCUT2D eigenvalue weighted by atomic mass is 10.1. The summed E-state index contributed by atoms with van der Waals surface area (Å²) in [6.45, 7) is 0. The van der Waals surface area contributed by atoms with E-state index in [0.29, 0.717) is 5.52 Å². The number of halogens is 3. The Morgan fingerprint density at radius 3 is 2.61 bits per heavy atom. The van der Waals surface area contributed by atoms with Crippen LogP contribution in [0.5, 0.6) is 0 Å². The second kappa shape index (κ2) is 3.73. The van der Waals surface area contributed by atoms with E-state index in [0.717, 1.165) is 16.3 Å². The number of nitrogens with zero attached hydrogens (tertiary/aromatic N) is 1. The molecule has 2 nitrogen and oxygen atoms in total. The molecule has 0 saturated carbocycles. The molecule has 1 aromatic carbocycles. The number of H-pyrrole nitrogens is 1. The third-order valence-corrected chi connectivity index (χ3v) is 2.87. The lowest BCUT2D eigenvalue weighted by molar-refractivity contribution is -0.127. The van der Waals surface area contributed by atoms with Crippen LogP contribution >= 0.6 is 0 Å². The zero-order valence-corrected chi connectivity index (χ0v) is 9.25. The van der Waals surface area contributed by atoms with E-state index in [4.69, 9.17) is 0 Å². The molecule has 0 radical (unpaired) electrons. The molecule has 2 aromatic heterocycles. The van der Waals surface area contributed by atoms with E-state index in [-0.39, 0.29) is 5.69 Å². The van der Waals surface area contributed by atoms with Gasteiger partial charge in [0.05, 0.1) is 17.6 Å². The van der Waals surface area contributed by atoms with Crippen molar-refractivity contribution in [2.45, 2.75) is 12.6 Å². The Labute approximate surface area is 100 Å². The molecule has 0 aliphatic carbocycles. The molecule has 92 valence electrons. The summed E-state index contributed by atoms with van der Waals surface area (Å²) in [5.74, 6) is 0. The molecule has 0 atom stereocenters. The summed E-state index contributed by atoms with van der Waals surface area (Å²) in [4.78, 5) is 6.84. The number of para-hydroxylation sites is 1. The van der Waals surface area contributed by atoms with Crippen molar-refractivity contribution in [1.29, 1.82) is 0 Å². The molecule has 0 aliphatic rings. The summed E-state index contributed by atoms with van der Waals surface area (Å²) in [6, 6.07) is 9.15. The van der Waals surface area contributed by atoms with Crippen LogP contribution in [0.25, 0.3) is 21.8 Å². The summed E-state index contributed by atoms with van der Waals surface area (Å²) < 4.78 is 37.4. The topological polar surface area (TPSA) is 28.7 Å². The van der Waals surface area contributed by atoms with E-state index in [9.17, 15) is 13.2 Å². The van der Waals surface area contributed by atoms with Crippen molar-refractivity contribution in [2.75, 3.05) is 0 Å². The van der Waals surface area contributed by atoms with Gasteiger partial charge in [0, 0.05) is 22.5 Å². The fourth-order valence-electron chi connectivity index (χ4n) is 2.15. The molecule has 0 bridgehead atoms. The predicted octanol–water partition coefficient (Wildman–Crippen LogP) is 3.82. The minimum absolute atomic E-state index is 0.0381. The highest BCUT2D eigenvalue weighted by molar-refractivity contribution is 6.07. The third kappa shape index (κ3) is 1.81. The van der Waals surface area contributed by atoms with Crippen LogP contribution in [0.2, 0.25) is 0 Å². The maximum absolute atomic E-state index is 12.5. The Kier molecular flexibility index (Phi) is 2.29. The molecule has 0 spiro atoms. The first-order valence-corrected chi connectivity index (χ1v) is 5.46. The number of hydrogen-bond donors (Lipinski definition) is 1. The average molecular weight is 250 g/mol. The molecule has 18 heavy (non-hydrogen) atoms. The van der Waals surface area contributed by atoms with Crippen molar-refractivity contribution in [3.63, 3.8) is 0 Å². The highest BCUT2D eigenvalue weighted by Gasteiger charge is 2.29. The van der Waals surface area contributed by atoms with Gasteiger partial charge in [-0.25, -0.2) is 0 Å². The van der Waals surface area contributed by atoms with Crippen molar-refractivity contribution in [3.05, 3.63) is 42.2 Å². The molecule has 0 amide bonds. The summed E-state index contributed by atoms with van der Waals surface area (Å²) in [5, 5.41) is 1.69. The van der Waals surface area contributed by atoms with Crippen LogP contribution in [0.3, 0.4) is 0 Å². The number of alkyl halides is 3. The van der Waals surface area contributed by atoms with Crippen molar-refractivity contribution >= 4 is 21.8 Å². The Bertz CT molecular complexity index is 713. The normalized spacial score (nSPS) is 12.4. The van der Waals surface area contributed by atoms with E-state index in [1.165, 1.54) is 6.20 Å². The molecule has 3 rings (SSSR count). The zero-order valence-electron chi connectivity index (χ0n) is 9.25. The number of hydrogen-bond acceptors (Lipinski definition) is 1. The summed E-state index contributed by atoms with van der Waals surface area (Å²) >= 11 is 0. The minimum Gasteiger partial charge on any atom is -0.353 e. The zero-order chi connectivity index (χ0) is 12.8. The van der Waals surface area contributed by atoms with Crippen molar-refractivity contribution in [1.82, 2.24) is 9.97 Å². The molecular formula is C13H9F3N2. The summed E-state index contributed by atoms with van der Waals surface area (Å²) in [7, 11) is 0. The molecular weight excluding hydrogens is 241 g/mol. The fraction of sp³-hybridized carbons (Fsp3) is 0.154. The second-order valence-corrected chi connectivity index (χ2v) is 4.14. The van der Waals surface area contributed by atoms with E-state index < -0.39 is 12.6 Å². The lowest BCUT2D eigenvalue weighted by Gasteiger charge is -2.06. The van der Waals surface area contributed by atoms with Gasteiger partial charge in [-0.15, -0.1) is 0 Å². The Hall–Kier alpha value is -2.04. The minimum atomic E-state index is -4.25. The fourth-order valence-corrected chi connectivity index (χ4v) is 2.15. The van der Waals surface area contributed by atoms with Gasteiger partial charge in [-0.05, 0) is 12.1 Å². The summed E-state index contributed by atoms with van der Waals surface area (Å²) in [5.41, 5.74) is 1.33. The van der Waals surface area contributed by atoms with Crippen molar-refractivity contribution in [3.8, 4) is 0 Å². The number of fused-ring (bicyclic) bond motifs is 3. The van der Waals surface area contributed by atoms with Gasteiger partial charge in [-0.1, -0.05) is 18.2 Å². The monoisotopic (exact) mass is 250 g/mol. The van der Waals surface area contributed by atoms with Gasteiger partial charge in [0.15, 0.2) is 0 Å². The van der Waals surface area contributed by atoms with E-state index in [1.807, 2.05) is 24.3 Å². The first-order chi connectivity index (χ1) is 8.54. The first-order valence-electron chi connectivity index (χ1n) is 5.46. The van der Waals surface area contributed by atoms with Crippen LogP contribution in [0.1, 0.15) is 5.69 Å². The smallest absolute Gasteiger partial charge is 0.353 e. The van der Waals surface area contributed by atoms with E-state index in [1.54, 1.807) is 6.07 Å². The van der Waals surface area contributed by atoms with Gasteiger partial charge in [0.2, 0.25) is 0 Å². The van der Waals surface area contributed by atoms with Crippen LogP contribution in [0.4, 0.5) is 13.2 Å². The predicted molar refractivity (Wildman–Crippen MR) is 63.4 cm³/mol. The SMILES string of the molecule is FC(F)(F)Cc1nccc2c1[nH]c1ccccc12.